The highest BCUT2D eigenvalue weighted by atomic mass is 16.3. The summed E-state index contributed by atoms with van der Waals surface area (Å²) in [5, 5.41) is 13.7. The van der Waals surface area contributed by atoms with Crippen molar-refractivity contribution in [1.82, 2.24) is 14.7 Å². The van der Waals surface area contributed by atoms with Crippen molar-refractivity contribution >= 4 is 5.91 Å². The van der Waals surface area contributed by atoms with Crippen LogP contribution in [0.4, 0.5) is 0 Å². The topological polar surface area (TPSA) is 58.4 Å². The molecule has 2 aromatic rings. The molecule has 0 bridgehead atoms. The summed E-state index contributed by atoms with van der Waals surface area (Å²) in [6.07, 6.45) is 4.71. The number of aliphatic hydroxyl groups excluding tert-OH is 1. The molecule has 24 heavy (non-hydrogen) atoms. The summed E-state index contributed by atoms with van der Waals surface area (Å²) in [6, 6.07) is 10.2. The Morgan fingerprint density at radius 3 is 2.67 bits per heavy atom. The minimum Gasteiger partial charge on any atom is -0.395 e. The lowest BCUT2D eigenvalue weighted by atomic mass is 10.1. The Bertz CT molecular complexity index is 694. The lowest BCUT2D eigenvalue weighted by Gasteiger charge is -2.22. The highest BCUT2D eigenvalue weighted by molar-refractivity contribution is 5.82. The van der Waals surface area contributed by atoms with Gasteiger partial charge in [-0.05, 0) is 17.4 Å². The maximum absolute atomic E-state index is 12.6. The van der Waals surface area contributed by atoms with Crippen LogP contribution in [0.5, 0.6) is 0 Å². The number of nitrogens with zero attached hydrogens (tertiary/aromatic N) is 3. The van der Waals surface area contributed by atoms with Crippen LogP contribution in [0.25, 0.3) is 0 Å². The number of amides is 1. The van der Waals surface area contributed by atoms with Crippen molar-refractivity contribution in [1.29, 1.82) is 0 Å². The lowest BCUT2D eigenvalue weighted by Crippen LogP contribution is -2.35. The number of hydrogen-bond donors (Lipinski definition) is 1. The quantitative estimate of drug-likeness (QED) is 0.849. The second-order valence-electron chi connectivity index (χ2n) is 7.26. The molecule has 1 N–H and O–H groups in total. The summed E-state index contributed by atoms with van der Waals surface area (Å²) in [5.41, 5.74) is 2.28. The van der Waals surface area contributed by atoms with Gasteiger partial charge in [0.1, 0.15) is 0 Å². The Hall–Kier alpha value is -2.14. The summed E-state index contributed by atoms with van der Waals surface area (Å²) in [5.74, 6) is 0.230. The van der Waals surface area contributed by atoms with Gasteiger partial charge >= 0.3 is 0 Å². The maximum atomic E-state index is 12.6. The monoisotopic (exact) mass is 327 g/mol. The van der Waals surface area contributed by atoms with Gasteiger partial charge in [-0.2, -0.15) is 5.10 Å². The van der Waals surface area contributed by atoms with Crippen LogP contribution in [-0.2, 0) is 17.9 Å². The molecular weight excluding hydrogens is 302 g/mol. The average Bonchev–Trinajstić information content (AvgIpc) is 2.98. The van der Waals surface area contributed by atoms with E-state index in [1.54, 1.807) is 11.1 Å². The molecule has 0 aliphatic heterocycles. The van der Waals surface area contributed by atoms with Crippen molar-refractivity contribution in [2.45, 2.75) is 33.4 Å². The molecule has 1 aliphatic rings. The van der Waals surface area contributed by atoms with Crippen molar-refractivity contribution in [3.05, 3.63) is 53.9 Å². The van der Waals surface area contributed by atoms with Gasteiger partial charge in [0.25, 0.3) is 0 Å². The summed E-state index contributed by atoms with van der Waals surface area (Å²) >= 11 is 0. The number of aromatic nitrogens is 2. The first kappa shape index (κ1) is 16.7. The standard InChI is InChI=1S/C19H25N3O2/c1-19(2)10-17(19)18(24)21(8-9-23)12-16-11-20-22(14-16)13-15-6-4-3-5-7-15/h3-7,11,14,17,23H,8-10,12-13H2,1-2H3. The number of benzene rings is 1. The first-order valence-electron chi connectivity index (χ1n) is 8.44. The summed E-state index contributed by atoms with van der Waals surface area (Å²) in [7, 11) is 0. The van der Waals surface area contributed by atoms with Crippen LogP contribution in [0, 0.1) is 11.3 Å². The van der Waals surface area contributed by atoms with E-state index < -0.39 is 0 Å². The van der Waals surface area contributed by atoms with Crippen LogP contribution in [-0.4, -0.2) is 38.8 Å². The van der Waals surface area contributed by atoms with Gasteiger partial charge in [0.15, 0.2) is 0 Å². The minimum atomic E-state index is -0.0168. The molecule has 0 spiro atoms. The molecule has 1 atom stereocenters. The largest absolute Gasteiger partial charge is 0.395 e. The molecule has 1 aromatic carbocycles. The zero-order valence-electron chi connectivity index (χ0n) is 14.4. The third kappa shape index (κ3) is 3.85. The molecule has 1 heterocycles. The Morgan fingerprint density at radius 2 is 2.04 bits per heavy atom. The zero-order valence-corrected chi connectivity index (χ0v) is 14.4. The number of rotatable bonds is 7. The van der Waals surface area contributed by atoms with E-state index in [1.165, 1.54) is 5.56 Å². The lowest BCUT2D eigenvalue weighted by molar-refractivity contribution is -0.134. The molecule has 1 aliphatic carbocycles. The fourth-order valence-corrected chi connectivity index (χ4v) is 3.06. The molecule has 0 saturated heterocycles. The first-order chi connectivity index (χ1) is 11.5. The number of hydrogen-bond acceptors (Lipinski definition) is 3. The minimum absolute atomic E-state index is 0.0168. The van der Waals surface area contributed by atoms with Crippen molar-refractivity contribution in [2.24, 2.45) is 11.3 Å². The Balaban J connectivity index is 1.64. The van der Waals surface area contributed by atoms with Crippen LogP contribution in [0.2, 0.25) is 0 Å². The highest BCUT2D eigenvalue weighted by Crippen LogP contribution is 2.52. The second-order valence-corrected chi connectivity index (χ2v) is 7.26. The zero-order chi connectivity index (χ0) is 17.2. The number of carbonyl (C=O) groups is 1. The molecule has 1 saturated carbocycles. The molecule has 1 fully saturated rings. The highest BCUT2D eigenvalue weighted by Gasteiger charge is 2.51. The number of carbonyl (C=O) groups excluding carboxylic acids is 1. The van der Waals surface area contributed by atoms with E-state index in [2.05, 4.69) is 31.1 Å². The normalized spacial score (nSPS) is 18.4. The van der Waals surface area contributed by atoms with Gasteiger partial charge in [-0.1, -0.05) is 44.2 Å². The van der Waals surface area contributed by atoms with Crippen molar-refractivity contribution < 1.29 is 9.90 Å². The van der Waals surface area contributed by atoms with Crippen molar-refractivity contribution in [3.8, 4) is 0 Å². The van der Waals surface area contributed by atoms with Crippen LogP contribution in [0.3, 0.4) is 0 Å². The SMILES string of the molecule is CC1(C)CC1C(=O)N(CCO)Cc1cnn(Cc2ccccc2)c1. The van der Waals surface area contributed by atoms with Gasteiger partial charge in [-0.3, -0.25) is 9.48 Å². The van der Waals surface area contributed by atoms with Crippen LogP contribution < -0.4 is 0 Å². The van der Waals surface area contributed by atoms with E-state index in [0.29, 0.717) is 19.6 Å². The Kier molecular flexibility index (Phi) is 4.71. The molecular formula is C19H25N3O2. The van der Waals surface area contributed by atoms with Crippen molar-refractivity contribution in [2.75, 3.05) is 13.2 Å². The van der Waals surface area contributed by atoms with Gasteiger partial charge in [0.2, 0.25) is 5.91 Å². The molecule has 5 nitrogen and oxygen atoms in total. The predicted molar refractivity (Wildman–Crippen MR) is 92.2 cm³/mol. The number of aliphatic hydroxyl groups is 1. The maximum Gasteiger partial charge on any atom is 0.226 e. The second kappa shape index (κ2) is 6.77. The van der Waals surface area contributed by atoms with Gasteiger partial charge in [0.05, 0.1) is 19.3 Å². The van der Waals surface area contributed by atoms with E-state index in [9.17, 15) is 9.90 Å². The first-order valence-corrected chi connectivity index (χ1v) is 8.44. The molecule has 1 amide bonds. The van der Waals surface area contributed by atoms with Crippen molar-refractivity contribution in [3.63, 3.8) is 0 Å². The molecule has 5 heteroatoms. The fourth-order valence-electron chi connectivity index (χ4n) is 3.06. The van der Waals surface area contributed by atoms with E-state index in [1.807, 2.05) is 29.1 Å². The van der Waals surface area contributed by atoms with E-state index in [-0.39, 0.29) is 23.8 Å². The van der Waals surface area contributed by atoms with Gasteiger partial charge in [-0.15, -0.1) is 0 Å². The van der Waals surface area contributed by atoms with Crippen LogP contribution in [0.15, 0.2) is 42.7 Å². The summed E-state index contributed by atoms with van der Waals surface area (Å²) < 4.78 is 1.88. The van der Waals surface area contributed by atoms with Gasteiger partial charge < -0.3 is 10.0 Å². The molecule has 128 valence electrons. The van der Waals surface area contributed by atoms with Gasteiger partial charge in [-0.25, -0.2) is 0 Å². The molecule has 0 radical (unpaired) electrons. The van der Waals surface area contributed by atoms with Crippen LogP contribution >= 0.6 is 0 Å². The van der Waals surface area contributed by atoms with E-state index >= 15 is 0 Å². The smallest absolute Gasteiger partial charge is 0.226 e. The van der Waals surface area contributed by atoms with Crippen LogP contribution in [0.1, 0.15) is 31.4 Å². The Morgan fingerprint density at radius 1 is 1.33 bits per heavy atom. The van der Waals surface area contributed by atoms with E-state index in [4.69, 9.17) is 0 Å². The predicted octanol–water partition coefficient (Wildman–Crippen LogP) is 2.30. The summed E-state index contributed by atoms with van der Waals surface area (Å²) in [6.45, 7) is 5.80. The van der Waals surface area contributed by atoms with Gasteiger partial charge in [0, 0.05) is 30.8 Å². The molecule has 3 rings (SSSR count). The molecule has 1 unspecified atom stereocenters. The third-order valence-electron chi connectivity index (χ3n) is 4.74. The Labute approximate surface area is 142 Å². The average molecular weight is 327 g/mol. The van der Waals surface area contributed by atoms with E-state index in [0.717, 1.165) is 12.0 Å². The third-order valence-corrected chi connectivity index (χ3v) is 4.74. The molecule has 1 aromatic heterocycles. The fraction of sp³-hybridized carbons (Fsp3) is 0.474. The summed E-state index contributed by atoms with van der Waals surface area (Å²) in [4.78, 5) is 14.4.